The molecule has 24 heavy (non-hydrogen) atoms. The van der Waals surface area contributed by atoms with Crippen LogP contribution in [0.3, 0.4) is 0 Å². The number of aromatic hydroxyl groups is 1. The van der Waals surface area contributed by atoms with Gasteiger partial charge in [0.2, 0.25) is 5.91 Å². The first kappa shape index (κ1) is 20.4. The van der Waals surface area contributed by atoms with Crippen molar-refractivity contribution in [2.45, 2.75) is 45.8 Å². The molecule has 0 fully saturated rings. The molecule has 1 aromatic carbocycles. The molecule has 0 saturated heterocycles. The second-order valence-corrected chi connectivity index (χ2v) is 7.05. The van der Waals surface area contributed by atoms with E-state index in [2.05, 4.69) is 10.6 Å². The minimum absolute atomic E-state index is 0.108. The summed E-state index contributed by atoms with van der Waals surface area (Å²) in [5.41, 5.74) is -0.226. The number of rotatable bonds is 5. The fraction of sp³-hybridized carbons (Fsp3) is 0.500. The molecule has 0 spiro atoms. The van der Waals surface area contributed by atoms with Crippen molar-refractivity contribution in [3.63, 3.8) is 0 Å². The van der Waals surface area contributed by atoms with E-state index in [1.807, 2.05) is 6.92 Å². The number of phenols is 1. The number of amides is 2. The topological polar surface area (TPSA) is 87.7 Å². The lowest BCUT2D eigenvalue weighted by atomic mass is 10.0. The van der Waals surface area contributed by atoms with Gasteiger partial charge in [0.15, 0.2) is 0 Å². The fourth-order valence-corrected chi connectivity index (χ4v) is 2.47. The third-order valence-electron chi connectivity index (χ3n) is 2.97. The number of benzene rings is 1. The molecule has 1 rings (SSSR count). The first-order valence-corrected chi connectivity index (χ1v) is 8.23. The van der Waals surface area contributed by atoms with E-state index in [-0.39, 0.29) is 17.3 Å². The van der Waals surface area contributed by atoms with Crippen LogP contribution in [0.1, 0.15) is 45.7 Å². The van der Waals surface area contributed by atoms with Gasteiger partial charge in [-0.1, -0.05) is 30.1 Å². The van der Waals surface area contributed by atoms with Crippen molar-refractivity contribution in [2.24, 2.45) is 0 Å². The molecule has 0 aromatic heterocycles. The van der Waals surface area contributed by atoms with Crippen LogP contribution in [0.25, 0.3) is 0 Å². The van der Waals surface area contributed by atoms with Gasteiger partial charge in [-0.3, -0.25) is 4.79 Å². The van der Waals surface area contributed by atoms with Crippen molar-refractivity contribution in [3.8, 4) is 5.75 Å². The Hall–Kier alpha value is -1.66. The minimum Gasteiger partial charge on any atom is -0.506 e. The van der Waals surface area contributed by atoms with Crippen LogP contribution in [0, 0.1) is 0 Å². The lowest BCUT2D eigenvalue weighted by Gasteiger charge is -2.21. The molecule has 1 unspecified atom stereocenters. The zero-order valence-corrected chi connectivity index (χ0v) is 15.6. The van der Waals surface area contributed by atoms with Gasteiger partial charge in [-0.25, -0.2) is 4.79 Å². The molecular formula is C16H22Cl2N2O4. The SMILES string of the molecule is CCC(NC(=O)CNC(=O)OC(C)(C)C)c1cc(Cl)cc(Cl)c1O. The van der Waals surface area contributed by atoms with E-state index in [0.717, 1.165) is 0 Å². The van der Waals surface area contributed by atoms with Gasteiger partial charge in [0.1, 0.15) is 17.9 Å². The molecule has 1 aromatic rings. The maximum Gasteiger partial charge on any atom is 0.408 e. The second kappa shape index (κ2) is 8.44. The van der Waals surface area contributed by atoms with Crippen LogP contribution in [-0.2, 0) is 9.53 Å². The molecule has 0 radical (unpaired) electrons. The predicted octanol–water partition coefficient (Wildman–Crippen LogP) is 3.79. The molecule has 0 bridgehead atoms. The highest BCUT2D eigenvalue weighted by molar-refractivity contribution is 6.35. The molecule has 1 atom stereocenters. The maximum absolute atomic E-state index is 12.0. The van der Waals surface area contributed by atoms with Crippen LogP contribution >= 0.6 is 23.2 Å². The number of halogens is 2. The summed E-state index contributed by atoms with van der Waals surface area (Å²) >= 11 is 11.8. The standard InChI is InChI=1S/C16H22Cl2N2O4/c1-5-12(10-6-9(17)7-11(18)14(10)22)20-13(21)8-19-15(23)24-16(2,3)4/h6-7,12,22H,5,8H2,1-4H3,(H,19,23)(H,20,21). The molecule has 3 N–H and O–H groups in total. The van der Waals surface area contributed by atoms with E-state index in [1.54, 1.807) is 26.8 Å². The summed E-state index contributed by atoms with van der Waals surface area (Å²) in [5.74, 6) is -0.559. The van der Waals surface area contributed by atoms with Crippen molar-refractivity contribution in [1.29, 1.82) is 0 Å². The third kappa shape index (κ3) is 6.45. The molecule has 0 aliphatic rings. The molecule has 8 heteroatoms. The summed E-state index contributed by atoms with van der Waals surface area (Å²) in [4.78, 5) is 23.6. The van der Waals surface area contributed by atoms with E-state index in [4.69, 9.17) is 27.9 Å². The molecule has 6 nitrogen and oxygen atoms in total. The summed E-state index contributed by atoms with van der Waals surface area (Å²) in [6.45, 7) is 6.77. The Bertz CT molecular complexity index is 615. The zero-order chi connectivity index (χ0) is 18.5. The lowest BCUT2D eigenvalue weighted by Crippen LogP contribution is -2.40. The average molecular weight is 377 g/mol. The molecule has 0 saturated carbocycles. The smallest absolute Gasteiger partial charge is 0.408 e. The van der Waals surface area contributed by atoms with Gasteiger partial charge in [0.25, 0.3) is 0 Å². The van der Waals surface area contributed by atoms with Crippen molar-refractivity contribution in [1.82, 2.24) is 10.6 Å². The van der Waals surface area contributed by atoms with Crippen LogP contribution in [-0.4, -0.2) is 29.3 Å². The molecule has 134 valence electrons. The monoisotopic (exact) mass is 376 g/mol. The van der Waals surface area contributed by atoms with Crippen LogP contribution in [0.2, 0.25) is 10.0 Å². The van der Waals surface area contributed by atoms with Gasteiger partial charge < -0.3 is 20.5 Å². The van der Waals surface area contributed by atoms with Crippen molar-refractivity contribution in [3.05, 3.63) is 27.7 Å². The van der Waals surface area contributed by atoms with Gasteiger partial charge in [-0.2, -0.15) is 0 Å². The summed E-state index contributed by atoms with van der Waals surface area (Å²) in [7, 11) is 0. The Morgan fingerprint density at radius 3 is 2.46 bits per heavy atom. The van der Waals surface area contributed by atoms with Crippen LogP contribution in [0.4, 0.5) is 4.79 Å². The van der Waals surface area contributed by atoms with Gasteiger partial charge in [0.05, 0.1) is 11.1 Å². The van der Waals surface area contributed by atoms with Crippen LogP contribution in [0.15, 0.2) is 12.1 Å². The lowest BCUT2D eigenvalue weighted by molar-refractivity contribution is -0.121. The number of carbonyl (C=O) groups excluding carboxylic acids is 2. The summed E-state index contributed by atoms with van der Waals surface area (Å²) in [6.07, 6.45) is -0.179. The number of phenolic OH excluding ortho intramolecular Hbond substituents is 1. The average Bonchev–Trinajstić information content (AvgIpc) is 2.44. The number of hydrogen-bond donors (Lipinski definition) is 3. The Morgan fingerprint density at radius 1 is 1.29 bits per heavy atom. The maximum atomic E-state index is 12.0. The van der Waals surface area contributed by atoms with E-state index >= 15 is 0 Å². The van der Waals surface area contributed by atoms with Crippen molar-refractivity contribution >= 4 is 35.2 Å². The molecular weight excluding hydrogens is 355 g/mol. The molecule has 0 heterocycles. The summed E-state index contributed by atoms with van der Waals surface area (Å²) in [6, 6.07) is 2.47. The number of carbonyl (C=O) groups is 2. The van der Waals surface area contributed by atoms with Crippen molar-refractivity contribution < 1.29 is 19.4 Å². The highest BCUT2D eigenvalue weighted by atomic mass is 35.5. The Morgan fingerprint density at radius 2 is 1.92 bits per heavy atom. The Balaban J connectivity index is 2.69. The largest absolute Gasteiger partial charge is 0.506 e. The first-order valence-electron chi connectivity index (χ1n) is 7.47. The quantitative estimate of drug-likeness (QED) is 0.729. The van der Waals surface area contributed by atoms with E-state index in [0.29, 0.717) is 17.0 Å². The van der Waals surface area contributed by atoms with E-state index in [1.165, 1.54) is 6.07 Å². The zero-order valence-electron chi connectivity index (χ0n) is 14.1. The van der Waals surface area contributed by atoms with Gasteiger partial charge in [-0.05, 0) is 39.3 Å². The number of alkyl carbamates (subject to hydrolysis) is 1. The third-order valence-corrected chi connectivity index (χ3v) is 3.48. The van der Waals surface area contributed by atoms with Gasteiger partial charge in [-0.15, -0.1) is 0 Å². The number of ether oxygens (including phenoxy) is 1. The van der Waals surface area contributed by atoms with Crippen LogP contribution in [0.5, 0.6) is 5.75 Å². The summed E-state index contributed by atoms with van der Waals surface area (Å²) in [5, 5.41) is 15.6. The summed E-state index contributed by atoms with van der Waals surface area (Å²) < 4.78 is 5.05. The minimum atomic E-state index is -0.681. The highest BCUT2D eigenvalue weighted by Gasteiger charge is 2.20. The van der Waals surface area contributed by atoms with Gasteiger partial charge >= 0.3 is 6.09 Å². The molecule has 0 aliphatic heterocycles. The van der Waals surface area contributed by atoms with Crippen LogP contribution < -0.4 is 10.6 Å². The Kier molecular flexibility index (Phi) is 7.17. The van der Waals surface area contributed by atoms with E-state index in [9.17, 15) is 14.7 Å². The van der Waals surface area contributed by atoms with Crippen molar-refractivity contribution in [2.75, 3.05) is 6.54 Å². The number of nitrogens with one attached hydrogen (secondary N) is 2. The molecule has 0 aliphatic carbocycles. The van der Waals surface area contributed by atoms with E-state index < -0.39 is 23.6 Å². The first-order chi connectivity index (χ1) is 11.0. The molecule has 2 amide bonds. The van der Waals surface area contributed by atoms with Gasteiger partial charge in [0, 0.05) is 10.6 Å². The fourth-order valence-electron chi connectivity index (χ4n) is 1.96. The normalized spacial score (nSPS) is 12.4. The highest BCUT2D eigenvalue weighted by Crippen LogP contribution is 2.35. The Labute approximate surface area is 151 Å². The predicted molar refractivity (Wildman–Crippen MR) is 93.5 cm³/mol. The second-order valence-electron chi connectivity index (χ2n) is 6.21. The number of hydrogen-bond acceptors (Lipinski definition) is 4.